The fraction of sp³-hybridized carbons (Fsp3) is 0.200. The molecule has 5 nitrogen and oxygen atoms in total. The fourth-order valence-electron chi connectivity index (χ4n) is 4.06. The van der Waals surface area contributed by atoms with E-state index >= 15 is 0 Å². The Morgan fingerprint density at radius 3 is 1.00 bits per heavy atom. The second-order valence-corrected chi connectivity index (χ2v) is 10.4. The molecule has 0 saturated heterocycles. The van der Waals surface area contributed by atoms with Gasteiger partial charge in [-0.1, -0.05) is 113 Å². The minimum Gasteiger partial charge on any atom is -0.759 e. The standard InChI is InChI=1S/C30H30O.2Na.H2O4S/c1-29(2,23-11-7-5-8-12-23)25-15-19-27(20-16-25)31-28-21-17-26(18-22-28)30(3,4)24-13-9-6-10-14-24;;;1-5(2,3)4/h5-22H,1-4H3;;;(H2,1,2,3,4)/q;2*+1;/p-2. The molecule has 0 radical (unpaired) electrons. The first-order valence-electron chi connectivity index (χ1n) is 11.5. The molecule has 0 unspecified atom stereocenters. The zero-order valence-corrected chi connectivity index (χ0v) is 27.7. The molecule has 0 aromatic heterocycles. The topological polar surface area (TPSA) is 89.5 Å². The van der Waals surface area contributed by atoms with Crippen molar-refractivity contribution in [2.24, 2.45) is 0 Å². The summed E-state index contributed by atoms with van der Waals surface area (Å²) in [5, 5.41) is 0. The van der Waals surface area contributed by atoms with Gasteiger partial charge in [-0.2, -0.15) is 0 Å². The zero-order valence-electron chi connectivity index (χ0n) is 22.8. The van der Waals surface area contributed by atoms with Crippen molar-refractivity contribution in [2.75, 3.05) is 0 Å². The van der Waals surface area contributed by atoms with Crippen molar-refractivity contribution in [3.63, 3.8) is 0 Å². The minimum atomic E-state index is -5.17. The second-order valence-electron chi connectivity index (χ2n) is 9.54. The first-order chi connectivity index (χ1) is 16.9. The van der Waals surface area contributed by atoms with Gasteiger partial charge in [-0.15, -0.1) is 0 Å². The molecule has 0 spiro atoms. The van der Waals surface area contributed by atoms with Gasteiger partial charge in [0.1, 0.15) is 11.5 Å². The summed E-state index contributed by atoms with van der Waals surface area (Å²) in [6.07, 6.45) is 0. The molecular formula is C30H30Na2O5S. The largest absolute Gasteiger partial charge is 1.00 e. The van der Waals surface area contributed by atoms with Gasteiger partial charge in [-0.3, -0.25) is 8.42 Å². The van der Waals surface area contributed by atoms with Gasteiger partial charge in [0, 0.05) is 21.2 Å². The normalized spacial score (nSPS) is 11.2. The number of hydrogen-bond acceptors (Lipinski definition) is 5. The smallest absolute Gasteiger partial charge is 0.759 e. The van der Waals surface area contributed by atoms with E-state index in [1.165, 1.54) is 22.3 Å². The molecule has 4 aromatic rings. The third-order valence-electron chi connectivity index (χ3n) is 6.38. The third-order valence-corrected chi connectivity index (χ3v) is 6.38. The average Bonchev–Trinajstić information content (AvgIpc) is 2.85. The summed E-state index contributed by atoms with van der Waals surface area (Å²) in [7, 11) is -5.17. The van der Waals surface area contributed by atoms with Crippen molar-refractivity contribution < 1.29 is 81.4 Å². The maximum absolute atomic E-state index is 8.52. The molecule has 8 heteroatoms. The van der Waals surface area contributed by atoms with E-state index in [-0.39, 0.29) is 69.9 Å². The van der Waals surface area contributed by atoms with Gasteiger partial charge in [0.25, 0.3) is 0 Å². The molecule has 4 rings (SSSR count). The summed E-state index contributed by atoms with van der Waals surface area (Å²) in [4.78, 5) is 0. The van der Waals surface area contributed by atoms with E-state index in [0.717, 1.165) is 11.5 Å². The molecule has 0 fully saturated rings. The molecule has 0 N–H and O–H groups in total. The van der Waals surface area contributed by atoms with Crippen LogP contribution in [0.3, 0.4) is 0 Å². The Morgan fingerprint density at radius 1 is 0.500 bits per heavy atom. The van der Waals surface area contributed by atoms with Gasteiger partial charge in [-0.05, 0) is 46.5 Å². The van der Waals surface area contributed by atoms with Crippen LogP contribution in [0.1, 0.15) is 49.9 Å². The molecule has 38 heavy (non-hydrogen) atoms. The van der Waals surface area contributed by atoms with Crippen LogP contribution in [-0.2, 0) is 21.2 Å². The zero-order chi connectivity index (χ0) is 26.4. The monoisotopic (exact) mass is 548 g/mol. The fourth-order valence-corrected chi connectivity index (χ4v) is 4.06. The van der Waals surface area contributed by atoms with E-state index < -0.39 is 10.4 Å². The van der Waals surface area contributed by atoms with E-state index in [4.69, 9.17) is 22.3 Å². The van der Waals surface area contributed by atoms with Crippen molar-refractivity contribution in [2.45, 2.75) is 38.5 Å². The van der Waals surface area contributed by atoms with E-state index in [1.807, 2.05) is 0 Å². The Hall–Kier alpha value is -1.45. The average molecular weight is 549 g/mol. The number of benzene rings is 4. The Balaban J connectivity index is 0.000000946. The van der Waals surface area contributed by atoms with Crippen LogP contribution in [-0.4, -0.2) is 17.5 Å². The molecule has 0 aliphatic heterocycles. The van der Waals surface area contributed by atoms with Gasteiger partial charge in [0.15, 0.2) is 0 Å². The van der Waals surface area contributed by atoms with Crippen LogP contribution in [0.5, 0.6) is 11.5 Å². The van der Waals surface area contributed by atoms with Crippen molar-refractivity contribution in [1.82, 2.24) is 0 Å². The Morgan fingerprint density at radius 2 is 0.737 bits per heavy atom. The van der Waals surface area contributed by atoms with E-state index in [9.17, 15) is 0 Å². The van der Waals surface area contributed by atoms with Crippen LogP contribution < -0.4 is 63.9 Å². The third kappa shape index (κ3) is 9.94. The maximum atomic E-state index is 8.52. The van der Waals surface area contributed by atoms with E-state index in [2.05, 4.69) is 137 Å². The molecule has 0 saturated carbocycles. The van der Waals surface area contributed by atoms with Crippen LogP contribution in [0.4, 0.5) is 0 Å². The Bertz CT molecular complexity index is 1260. The van der Waals surface area contributed by atoms with Crippen molar-refractivity contribution in [3.05, 3.63) is 131 Å². The van der Waals surface area contributed by atoms with Crippen LogP contribution in [0.25, 0.3) is 0 Å². The first-order valence-corrected chi connectivity index (χ1v) is 12.9. The van der Waals surface area contributed by atoms with Gasteiger partial charge in [0.05, 0.1) is 0 Å². The summed E-state index contributed by atoms with van der Waals surface area (Å²) >= 11 is 0. The molecule has 0 bridgehead atoms. The summed E-state index contributed by atoms with van der Waals surface area (Å²) in [6.45, 7) is 9.02. The van der Waals surface area contributed by atoms with E-state index in [1.54, 1.807) is 0 Å². The van der Waals surface area contributed by atoms with Gasteiger partial charge >= 0.3 is 59.1 Å². The predicted molar refractivity (Wildman–Crippen MR) is 141 cm³/mol. The summed E-state index contributed by atoms with van der Waals surface area (Å²) in [5.41, 5.74) is 5.05. The molecular weight excluding hydrogens is 518 g/mol. The number of hydrogen-bond donors (Lipinski definition) is 0. The number of rotatable bonds is 6. The van der Waals surface area contributed by atoms with Gasteiger partial charge < -0.3 is 13.8 Å². The SMILES string of the molecule is CC(C)(c1ccccc1)c1ccc(Oc2ccc(C(C)(C)c3ccccc3)cc2)cc1.O=S(=O)([O-])[O-].[Na+].[Na+]. The molecule has 0 heterocycles. The molecule has 0 aliphatic rings. The quantitative estimate of drug-likeness (QED) is 0.202. The van der Waals surface area contributed by atoms with Gasteiger partial charge in [-0.25, -0.2) is 0 Å². The summed E-state index contributed by atoms with van der Waals surface area (Å²) < 4.78 is 40.2. The minimum absolute atomic E-state index is 0. The molecule has 188 valence electrons. The molecule has 0 aliphatic carbocycles. The first kappa shape index (κ1) is 34.6. The summed E-state index contributed by atoms with van der Waals surface area (Å²) in [5.74, 6) is 1.70. The van der Waals surface area contributed by atoms with Crippen molar-refractivity contribution in [1.29, 1.82) is 0 Å². The van der Waals surface area contributed by atoms with Crippen LogP contribution >= 0.6 is 0 Å². The van der Waals surface area contributed by atoms with Crippen LogP contribution in [0, 0.1) is 0 Å². The van der Waals surface area contributed by atoms with Crippen molar-refractivity contribution >= 4 is 10.4 Å². The van der Waals surface area contributed by atoms with Crippen LogP contribution in [0.2, 0.25) is 0 Å². The Labute approximate surface area is 270 Å². The maximum Gasteiger partial charge on any atom is 1.00 e. The second kappa shape index (κ2) is 14.8. The number of ether oxygens (including phenoxy) is 1. The molecule has 0 atom stereocenters. The van der Waals surface area contributed by atoms with Gasteiger partial charge in [0.2, 0.25) is 0 Å². The predicted octanol–water partition coefficient (Wildman–Crippen LogP) is 0.801. The summed E-state index contributed by atoms with van der Waals surface area (Å²) in [6, 6.07) is 38.1. The van der Waals surface area contributed by atoms with Crippen molar-refractivity contribution in [3.8, 4) is 11.5 Å². The van der Waals surface area contributed by atoms with E-state index in [0.29, 0.717) is 0 Å². The Kier molecular flexibility index (Phi) is 13.5. The molecule has 4 aromatic carbocycles. The molecule has 0 amide bonds. The van der Waals surface area contributed by atoms with Crippen LogP contribution in [0.15, 0.2) is 109 Å².